The molecule has 4 rings (SSSR count). The molecule has 0 aromatic carbocycles. The minimum Gasteiger partial charge on any atom is -0.368 e. The Balaban J connectivity index is 1.28. The molecule has 1 amide bonds. The second-order valence-electron chi connectivity index (χ2n) is 7.81. The molecule has 0 saturated heterocycles. The predicted molar refractivity (Wildman–Crippen MR) is 110 cm³/mol. The van der Waals surface area contributed by atoms with Crippen molar-refractivity contribution in [2.24, 2.45) is 10.9 Å². The summed E-state index contributed by atoms with van der Waals surface area (Å²) in [6, 6.07) is 4.55. The molecule has 2 N–H and O–H groups in total. The van der Waals surface area contributed by atoms with Crippen LogP contribution < -0.4 is 10.6 Å². The summed E-state index contributed by atoms with van der Waals surface area (Å²) in [5.74, 6) is 0.605. The van der Waals surface area contributed by atoms with Crippen molar-refractivity contribution in [2.75, 3.05) is 6.54 Å². The number of hydrogen-bond acceptors (Lipinski definition) is 5. The van der Waals surface area contributed by atoms with E-state index >= 15 is 0 Å². The summed E-state index contributed by atoms with van der Waals surface area (Å²) >= 11 is 5.86. The Hall–Kier alpha value is -2.68. The maximum atomic E-state index is 12.9. The molecule has 2 aliphatic rings. The fourth-order valence-corrected chi connectivity index (χ4v) is 4.12. The van der Waals surface area contributed by atoms with Crippen LogP contribution in [0.5, 0.6) is 0 Å². The summed E-state index contributed by atoms with van der Waals surface area (Å²) in [5.41, 5.74) is 0.752. The number of hydrogen-bond donors (Lipinski definition) is 2. The molecule has 10 heteroatoms. The van der Waals surface area contributed by atoms with Gasteiger partial charge < -0.3 is 10.6 Å². The van der Waals surface area contributed by atoms with Crippen LogP contribution in [0.3, 0.4) is 0 Å². The molecule has 31 heavy (non-hydrogen) atoms. The number of amides is 1. The first-order valence-corrected chi connectivity index (χ1v) is 10.4. The smallest absolute Gasteiger partial charge is 0.368 e. The molecule has 2 aromatic rings. The summed E-state index contributed by atoms with van der Waals surface area (Å²) < 4.78 is 38.7. The predicted octanol–water partition coefficient (Wildman–Crippen LogP) is 3.99. The fraction of sp³-hybridized carbons (Fsp3) is 0.429. The summed E-state index contributed by atoms with van der Waals surface area (Å²) in [7, 11) is 0. The lowest BCUT2D eigenvalue weighted by molar-refractivity contribution is -0.137. The van der Waals surface area contributed by atoms with Crippen LogP contribution in [0.15, 0.2) is 35.6 Å². The van der Waals surface area contributed by atoms with Gasteiger partial charge in [-0.3, -0.25) is 14.8 Å². The van der Waals surface area contributed by atoms with Gasteiger partial charge in [0.2, 0.25) is 0 Å². The van der Waals surface area contributed by atoms with Crippen molar-refractivity contribution >= 4 is 23.3 Å². The van der Waals surface area contributed by atoms with Gasteiger partial charge in [-0.1, -0.05) is 17.7 Å². The van der Waals surface area contributed by atoms with Crippen molar-refractivity contribution in [1.82, 2.24) is 20.6 Å². The highest BCUT2D eigenvalue weighted by Gasteiger charge is 2.33. The zero-order valence-corrected chi connectivity index (χ0v) is 17.3. The average Bonchev–Trinajstić information content (AvgIpc) is 3.16. The number of amidine groups is 1. The van der Waals surface area contributed by atoms with Crippen LogP contribution in [-0.4, -0.2) is 34.3 Å². The van der Waals surface area contributed by atoms with E-state index < -0.39 is 17.6 Å². The van der Waals surface area contributed by atoms with Crippen LogP contribution in [0, 0.1) is 5.92 Å². The van der Waals surface area contributed by atoms with E-state index in [1.54, 1.807) is 6.20 Å². The van der Waals surface area contributed by atoms with Gasteiger partial charge in [0.05, 0.1) is 17.7 Å². The molecule has 1 aliphatic heterocycles. The number of aliphatic imine (C=N–C) groups is 1. The van der Waals surface area contributed by atoms with Gasteiger partial charge in [0.1, 0.15) is 16.7 Å². The zero-order valence-electron chi connectivity index (χ0n) is 16.5. The average molecular weight is 452 g/mol. The lowest BCUT2D eigenvalue weighted by Gasteiger charge is -2.29. The van der Waals surface area contributed by atoms with E-state index in [1.165, 1.54) is 0 Å². The van der Waals surface area contributed by atoms with E-state index in [-0.39, 0.29) is 16.8 Å². The number of aromatic nitrogens is 2. The quantitative estimate of drug-likeness (QED) is 0.689. The van der Waals surface area contributed by atoms with Gasteiger partial charge in [0, 0.05) is 30.5 Å². The highest BCUT2D eigenvalue weighted by molar-refractivity contribution is 6.32. The third kappa shape index (κ3) is 4.98. The molecule has 6 nitrogen and oxygen atoms in total. The molecule has 1 saturated carbocycles. The van der Waals surface area contributed by atoms with E-state index in [0.717, 1.165) is 55.4 Å². The largest absolute Gasteiger partial charge is 0.417 e. The van der Waals surface area contributed by atoms with Crippen molar-refractivity contribution < 1.29 is 18.0 Å². The van der Waals surface area contributed by atoms with E-state index in [1.807, 2.05) is 12.1 Å². The SMILES string of the molecule is O=C(NC1CCC(CNC2=NCc3cccnc32)CC1)c1cc(C(F)(F)F)cnc1Cl. The summed E-state index contributed by atoms with van der Waals surface area (Å²) in [6.45, 7) is 1.40. The fourth-order valence-electron chi connectivity index (χ4n) is 3.94. The van der Waals surface area contributed by atoms with Crippen molar-refractivity contribution in [2.45, 2.75) is 44.4 Å². The van der Waals surface area contributed by atoms with Gasteiger partial charge in [0.25, 0.3) is 5.91 Å². The zero-order chi connectivity index (χ0) is 22.0. The number of alkyl halides is 3. The maximum absolute atomic E-state index is 12.9. The van der Waals surface area contributed by atoms with Crippen LogP contribution in [0.4, 0.5) is 13.2 Å². The Bertz CT molecular complexity index is 1000. The van der Waals surface area contributed by atoms with Crippen LogP contribution in [0.25, 0.3) is 0 Å². The number of rotatable bonds is 4. The third-order valence-electron chi connectivity index (χ3n) is 5.67. The molecule has 1 aliphatic carbocycles. The highest BCUT2D eigenvalue weighted by Crippen LogP contribution is 2.31. The molecular formula is C21H21ClF3N5O. The second kappa shape index (κ2) is 8.82. The van der Waals surface area contributed by atoms with Crippen LogP contribution in [0.2, 0.25) is 5.15 Å². The van der Waals surface area contributed by atoms with Crippen LogP contribution in [0.1, 0.15) is 52.9 Å². The first-order valence-electron chi connectivity index (χ1n) is 10.1. The number of carbonyl (C=O) groups excluding carboxylic acids is 1. The van der Waals surface area contributed by atoms with E-state index in [2.05, 4.69) is 25.6 Å². The van der Waals surface area contributed by atoms with Gasteiger partial charge in [-0.05, 0) is 43.7 Å². The van der Waals surface area contributed by atoms with E-state index in [0.29, 0.717) is 18.7 Å². The molecule has 3 heterocycles. The van der Waals surface area contributed by atoms with E-state index in [4.69, 9.17) is 11.6 Å². The maximum Gasteiger partial charge on any atom is 0.417 e. The van der Waals surface area contributed by atoms with Crippen LogP contribution in [-0.2, 0) is 12.7 Å². The lowest BCUT2D eigenvalue weighted by Crippen LogP contribution is -2.40. The normalized spacial score (nSPS) is 20.7. The molecular weight excluding hydrogens is 431 g/mol. The Kier molecular flexibility index (Phi) is 6.13. The Morgan fingerprint density at radius 2 is 1.97 bits per heavy atom. The summed E-state index contributed by atoms with van der Waals surface area (Å²) in [6.07, 6.45) is 1.04. The molecule has 0 bridgehead atoms. The second-order valence-corrected chi connectivity index (χ2v) is 8.17. The minimum atomic E-state index is -4.59. The molecule has 0 spiro atoms. The number of carbonyl (C=O) groups is 1. The Labute approximate surface area is 182 Å². The van der Waals surface area contributed by atoms with Gasteiger partial charge in [-0.15, -0.1) is 0 Å². The highest BCUT2D eigenvalue weighted by atomic mass is 35.5. The molecule has 2 aromatic heterocycles. The van der Waals surface area contributed by atoms with Gasteiger partial charge in [-0.25, -0.2) is 4.98 Å². The number of pyridine rings is 2. The standard InChI is InChI=1S/C21H21ClF3N5O/c22-18-16(8-14(11-27-18)21(23,24)25)20(31)30-15-5-3-12(4-6-15)9-28-19-17-13(10-29-19)2-1-7-26-17/h1-2,7-8,11-12,15H,3-6,9-10H2,(H,28,29)(H,30,31). The van der Waals surface area contributed by atoms with Gasteiger partial charge >= 0.3 is 6.18 Å². The third-order valence-corrected chi connectivity index (χ3v) is 5.98. The van der Waals surface area contributed by atoms with Crippen molar-refractivity contribution in [1.29, 1.82) is 0 Å². The topological polar surface area (TPSA) is 79.3 Å². The molecule has 164 valence electrons. The van der Waals surface area contributed by atoms with Crippen molar-refractivity contribution in [3.8, 4) is 0 Å². The minimum absolute atomic E-state index is 0.111. The Morgan fingerprint density at radius 3 is 2.71 bits per heavy atom. The van der Waals surface area contributed by atoms with Gasteiger partial charge in [-0.2, -0.15) is 13.2 Å². The van der Waals surface area contributed by atoms with Crippen molar-refractivity contribution in [3.63, 3.8) is 0 Å². The molecule has 0 unspecified atom stereocenters. The van der Waals surface area contributed by atoms with Crippen molar-refractivity contribution in [3.05, 3.63) is 58.1 Å². The molecule has 0 radical (unpaired) electrons. The first-order chi connectivity index (χ1) is 14.8. The lowest BCUT2D eigenvalue weighted by atomic mass is 9.86. The summed E-state index contributed by atoms with van der Waals surface area (Å²) in [4.78, 5) is 24.9. The van der Waals surface area contributed by atoms with E-state index in [9.17, 15) is 18.0 Å². The molecule has 1 fully saturated rings. The monoisotopic (exact) mass is 451 g/mol. The Morgan fingerprint density at radius 1 is 1.19 bits per heavy atom. The number of nitrogens with one attached hydrogen (secondary N) is 2. The number of nitrogens with zero attached hydrogens (tertiary/aromatic N) is 3. The first kappa shape index (κ1) is 21.5. The van der Waals surface area contributed by atoms with Gasteiger partial charge in [0.15, 0.2) is 0 Å². The molecule has 0 atom stereocenters. The number of halogens is 4. The summed E-state index contributed by atoms with van der Waals surface area (Å²) in [5, 5.41) is 5.94. The van der Waals surface area contributed by atoms with Crippen LogP contribution >= 0.6 is 11.6 Å². The number of fused-ring (bicyclic) bond motifs is 1.